The average Bonchev–Trinajstić information content (AvgIpc) is 1.86. The average molecular weight is 264 g/mol. The van der Waals surface area contributed by atoms with E-state index in [0.717, 1.165) is 6.07 Å². The summed E-state index contributed by atoms with van der Waals surface area (Å²) in [5, 5.41) is 0. The zero-order valence-electron chi connectivity index (χ0n) is 6.27. The van der Waals surface area contributed by atoms with E-state index in [-0.39, 0.29) is 56.0 Å². The molecule has 60 valence electrons. The van der Waals surface area contributed by atoms with Crippen molar-refractivity contribution in [1.82, 2.24) is 4.98 Å². The Morgan fingerprint density at radius 3 is 2.17 bits per heavy atom. The molecule has 0 atom stereocenters. The molecule has 0 aliphatic heterocycles. The van der Waals surface area contributed by atoms with Gasteiger partial charge in [0.1, 0.15) is 4.60 Å². The van der Waals surface area contributed by atoms with Gasteiger partial charge < -0.3 is 12.9 Å². The summed E-state index contributed by atoms with van der Waals surface area (Å²) in [6, 6.07) is 3.71. The SMILES string of the molecule is F[B-](F)(F)c1cccc(Br)n1.[K+]. The van der Waals surface area contributed by atoms with Crippen LogP contribution in [0.3, 0.4) is 0 Å². The van der Waals surface area contributed by atoms with E-state index in [0.29, 0.717) is 0 Å². The van der Waals surface area contributed by atoms with Crippen LogP contribution in [0.2, 0.25) is 0 Å². The van der Waals surface area contributed by atoms with Gasteiger partial charge in [0.25, 0.3) is 0 Å². The first-order valence-electron chi connectivity index (χ1n) is 2.82. The number of pyridine rings is 1. The molecule has 1 nitrogen and oxygen atoms in total. The summed E-state index contributed by atoms with van der Waals surface area (Å²) in [5.41, 5.74) is -0.820. The van der Waals surface area contributed by atoms with Gasteiger partial charge in [0.2, 0.25) is 0 Å². The van der Waals surface area contributed by atoms with E-state index in [4.69, 9.17) is 0 Å². The molecule has 12 heavy (non-hydrogen) atoms. The molecule has 0 saturated carbocycles. The molecule has 1 rings (SSSR count). The summed E-state index contributed by atoms with van der Waals surface area (Å²) in [6.07, 6.45) is 0. The zero-order valence-corrected chi connectivity index (χ0v) is 11.0. The second kappa shape index (κ2) is 5.11. The number of aromatic nitrogens is 1. The molecule has 0 saturated heterocycles. The van der Waals surface area contributed by atoms with Crippen LogP contribution < -0.4 is 57.0 Å². The van der Waals surface area contributed by atoms with Crippen molar-refractivity contribution in [2.24, 2.45) is 0 Å². The van der Waals surface area contributed by atoms with Gasteiger partial charge in [-0.2, -0.15) is 0 Å². The standard InChI is InChI=1S/C5H3BBrF3N.K/c7-5-3-1-2-4(11-5)6(8,9)10;/h1-3H;/q-1;+1. The Labute approximate surface area is 119 Å². The maximum atomic E-state index is 11.9. The molecule has 7 heteroatoms. The maximum absolute atomic E-state index is 11.9. The minimum absolute atomic E-state index is 0. The van der Waals surface area contributed by atoms with Gasteiger partial charge in [-0.3, -0.25) is 4.98 Å². The molecule has 0 aliphatic carbocycles. The van der Waals surface area contributed by atoms with E-state index in [9.17, 15) is 12.9 Å². The first-order valence-corrected chi connectivity index (χ1v) is 3.62. The molecule has 0 aromatic carbocycles. The summed E-state index contributed by atoms with van der Waals surface area (Å²) in [7, 11) is 0. The first kappa shape index (κ1) is 13.1. The van der Waals surface area contributed by atoms with Crippen LogP contribution in [0.5, 0.6) is 0 Å². The topological polar surface area (TPSA) is 12.9 Å². The van der Waals surface area contributed by atoms with Crippen molar-refractivity contribution in [3.63, 3.8) is 0 Å². The minimum atomic E-state index is -4.96. The summed E-state index contributed by atoms with van der Waals surface area (Å²) >= 11 is 2.85. The summed E-state index contributed by atoms with van der Waals surface area (Å²) in [5.74, 6) is 0. The summed E-state index contributed by atoms with van der Waals surface area (Å²) in [4.78, 5) is 3.26. The van der Waals surface area contributed by atoms with E-state index >= 15 is 0 Å². The van der Waals surface area contributed by atoms with Gasteiger partial charge in [-0.05, 0) is 27.6 Å². The first-order chi connectivity index (χ1) is 5.00. The Bertz CT molecular complexity index is 267. The van der Waals surface area contributed by atoms with Gasteiger partial charge in [-0.15, -0.1) is 0 Å². The third-order valence-corrected chi connectivity index (χ3v) is 1.51. The summed E-state index contributed by atoms with van der Waals surface area (Å²) in [6.45, 7) is -4.96. The molecule has 0 unspecified atom stereocenters. The maximum Gasteiger partial charge on any atom is 1.00 e. The van der Waals surface area contributed by atoms with Gasteiger partial charge in [-0.25, -0.2) is 0 Å². The predicted molar refractivity (Wildman–Crippen MR) is 40.6 cm³/mol. The number of rotatable bonds is 1. The van der Waals surface area contributed by atoms with Crippen LogP contribution in [-0.2, 0) is 0 Å². The largest absolute Gasteiger partial charge is 1.00 e. The Hall–Kier alpha value is 1.12. The van der Waals surface area contributed by atoms with Crippen LogP contribution in [0.25, 0.3) is 0 Å². The van der Waals surface area contributed by atoms with E-state index in [1.165, 1.54) is 12.1 Å². The van der Waals surface area contributed by atoms with Crippen molar-refractivity contribution in [3.8, 4) is 0 Å². The molecule has 0 amide bonds. The molecule has 0 aliphatic rings. The van der Waals surface area contributed by atoms with Gasteiger partial charge in [0.15, 0.2) is 0 Å². The normalized spacial score (nSPS) is 10.7. The van der Waals surface area contributed by atoms with E-state index < -0.39 is 12.6 Å². The second-order valence-electron chi connectivity index (χ2n) is 1.96. The van der Waals surface area contributed by atoms with Crippen molar-refractivity contribution in [1.29, 1.82) is 0 Å². The third kappa shape index (κ3) is 3.89. The number of nitrogens with zero attached hydrogens (tertiary/aromatic N) is 1. The third-order valence-electron chi connectivity index (χ3n) is 1.07. The van der Waals surface area contributed by atoms with Crippen LogP contribution in [0.4, 0.5) is 12.9 Å². The molecular weight excluding hydrogens is 261 g/mol. The van der Waals surface area contributed by atoms with Crippen LogP contribution in [0.15, 0.2) is 22.8 Å². The quantitative estimate of drug-likeness (QED) is 0.463. The monoisotopic (exact) mass is 263 g/mol. The fourth-order valence-corrected chi connectivity index (χ4v) is 0.964. The van der Waals surface area contributed by atoms with Gasteiger partial charge in [0, 0.05) is 0 Å². The molecular formula is C5H3BBrF3KN. The number of hydrogen-bond acceptors (Lipinski definition) is 1. The van der Waals surface area contributed by atoms with Gasteiger partial charge in [-0.1, -0.05) is 12.1 Å². The van der Waals surface area contributed by atoms with Crippen LogP contribution >= 0.6 is 15.9 Å². The van der Waals surface area contributed by atoms with E-state index in [2.05, 4.69) is 20.9 Å². The molecule has 0 radical (unpaired) electrons. The van der Waals surface area contributed by atoms with Gasteiger partial charge in [0.05, 0.1) is 0 Å². The van der Waals surface area contributed by atoms with E-state index in [1.807, 2.05) is 0 Å². The molecule has 0 spiro atoms. The smallest absolute Gasteiger partial charge is 0.444 e. The van der Waals surface area contributed by atoms with Crippen LogP contribution in [0, 0.1) is 0 Å². The number of halogens is 4. The molecule has 0 bridgehead atoms. The van der Waals surface area contributed by atoms with Crippen molar-refractivity contribution in [2.75, 3.05) is 0 Å². The number of hydrogen-bond donors (Lipinski definition) is 0. The Morgan fingerprint density at radius 2 is 1.83 bits per heavy atom. The van der Waals surface area contributed by atoms with Crippen LogP contribution in [0.1, 0.15) is 0 Å². The Balaban J connectivity index is 0.00000121. The molecule has 1 heterocycles. The molecule has 1 aromatic rings. The second-order valence-corrected chi connectivity index (χ2v) is 2.77. The van der Waals surface area contributed by atoms with Crippen LogP contribution in [-0.4, -0.2) is 12.0 Å². The predicted octanol–water partition coefficient (Wildman–Crippen LogP) is -1.10. The minimum Gasteiger partial charge on any atom is -0.444 e. The van der Waals surface area contributed by atoms with Crippen molar-refractivity contribution in [2.45, 2.75) is 0 Å². The van der Waals surface area contributed by atoms with Crippen molar-refractivity contribution in [3.05, 3.63) is 22.8 Å². The fourth-order valence-electron chi connectivity index (χ4n) is 0.606. The summed E-state index contributed by atoms with van der Waals surface area (Å²) < 4.78 is 36.0. The molecule has 0 fully saturated rings. The van der Waals surface area contributed by atoms with Crippen molar-refractivity contribution >= 4 is 28.5 Å². The van der Waals surface area contributed by atoms with E-state index in [1.54, 1.807) is 0 Å². The van der Waals surface area contributed by atoms with Crippen molar-refractivity contribution < 1.29 is 64.3 Å². The Kier molecular flexibility index (Phi) is 5.59. The fraction of sp³-hybridized carbons (Fsp3) is 0. The zero-order chi connectivity index (χ0) is 8.48. The molecule has 0 N–H and O–H groups in total. The van der Waals surface area contributed by atoms with Gasteiger partial charge >= 0.3 is 58.4 Å². The molecule has 1 aromatic heterocycles. The Morgan fingerprint density at radius 1 is 1.25 bits per heavy atom.